The molecular formula is C16H11N3O2. The van der Waals surface area contributed by atoms with Crippen LogP contribution in [-0.2, 0) is 0 Å². The smallest absolute Gasteiger partial charge is 0.235 e. The van der Waals surface area contributed by atoms with Crippen LogP contribution in [0.5, 0.6) is 0 Å². The number of nitrogens with zero attached hydrogens (tertiary/aromatic N) is 1. The molecule has 5 nitrogen and oxygen atoms in total. The Morgan fingerprint density at radius 1 is 0.952 bits per heavy atom. The third-order valence-corrected chi connectivity index (χ3v) is 3.78. The van der Waals surface area contributed by atoms with Crippen LogP contribution in [0.2, 0.25) is 0 Å². The average Bonchev–Trinajstić information content (AvgIpc) is 3.11. The molecule has 0 radical (unpaired) electrons. The minimum Gasteiger partial charge on any atom is -0.361 e. The van der Waals surface area contributed by atoms with Gasteiger partial charge in [-0.2, -0.15) is 0 Å². The third-order valence-electron chi connectivity index (χ3n) is 3.78. The summed E-state index contributed by atoms with van der Waals surface area (Å²) in [4.78, 5) is 16.5. The van der Waals surface area contributed by atoms with Gasteiger partial charge in [-0.05, 0) is 6.07 Å². The highest BCUT2D eigenvalue weighted by Crippen LogP contribution is 2.31. The van der Waals surface area contributed by atoms with Gasteiger partial charge in [0, 0.05) is 45.6 Å². The first-order chi connectivity index (χ1) is 10.2. The first-order valence-corrected chi connectivity index (χ1v) is 6.55. The van der Waals surface area contributed by atoms with E-state index < -0.39 is 4.92 Å². The minimum atomic E-state index is -0.456. The maximum atomic E-state index is 10.5. The number of nitro groups is 1. The predicted molar refractivity (Wildman–Crippen MR) is 83.7 cm³/mol. The second-order valence-corrected chi connectivity index (χ2v) is 4.94. The van der Waals surface area contributed by atoms with E-state index in [-0.39, 0.29) is 0 Å². The van der Waals surface area contributed by atoms with Crippen LogP contribution in [0.3, 0.4) is 0 Å². The SMILES string of the molecule is O=[N+]([O-])/C=C/c1c[nH]c2c1ccc1c2ccc2cc[nH]c21. The zero-order valence-electron chi connectivity index (χ0n) is 11.0. The number of H-pyrrole nitrogens is 2. The molecule has 0 fully saturated rings. The van der Waals surface area contributed by atoms with Gasteiger partial charge in [0.2, 0.25) is 6.20 Å². The fourth-order valence-corrected chi connectivity index (χ4v) is 2.84. The highest BCUT2D eigenvalue weighted by molar-refractivity contribution is 6.16. The third kappa shape index (κ3) is 1.71. The summed E-state index contributed by atoms with van der Waals surface area (Å²) in [5, 5.41) is 14.8. The van der Waals surface area contributed by atoms with Crippen molar-refractivity contribution in [3.63, 3.8) is 0 Å². The zero-order valence-corrected chi connectivity index (χ0v) is 11.0. The molecule has 2 heterocycles. The van der Waals surface area contributed by atoms with Crippen molar-refractivity contribution < 1.29 is 4.92 Å². The van der Waals surface area contributed by atoms with Crippen molar-refractivity contribution in [1.82, 2.24) is 9.97 Å². The standard InChI is InChI=1S/C16H11N3O2/c20-19(21)8-6-11-9-18-16-12(11)3-4-13-14(16)2-1-10-5-7-17-15(10)13/h1-9,17-18H/b8-6+. The molecule has 0 aliphatic rings. The molecule has 0 spiro atoms. The molecule has 5 heteroatoms. The molecule has 0 aliphatic carbocycles. The fraction of sp³-hybridized carbons (Fsp3) is 0. The summed E-state index contributed by atoms with van der Waals surface area (Å²) in [6.07, 6.45) is 6.19. The van der Waals surface area contributed by atoms with Gasteiger partial charge >= 0.3 is 0 Å². The monoisotopic (exact) mass is 277 g/mol. The van der Waals surface area contributed by atoms with E-state index in [1.807, 2.05) is 24.4 Å². The van der Waals surface area contributed by atoms with Crippen LogP contribution in [0, 0.1) is 10.1 Å². The van der Waals surface area contributed by atoms with Gasteiger partial charge in [0.15, 0.2) is 0 Å². The van der Waals surface area contributed by atoms with Crippen LogP contribution in [0.15, 0.2) is 48.9 Å². The van der Waals surface area contributed by atoms with Gasteiger partial charge in [-0.1, -0.05) is 24.3 Å². The second-order valence-electron chi connectivity index (χ2n) is 4.94. The fourth-order valence-electron chi connectivity index (χ4n) is 2.84. The van der Waals surface area contributed by atoms with Gasteiger partial charge in [-0.15, -0.1) is 0 Å². The number of aromatic amines is 2. The number of nitrogens with one attached hydrogen (secondary N) is 2. The van der Waals surface area contributed by atoms with E-state index in [0.717, 1.165) is 39.0 Å². The van der Waals surface area contributed by atoms with Crippen LogP contribution in [0.4, 0.5) is 0 Å². The molecular weight excluding hydrogens is 266 g/mol. The molecule has 2 aromatic heterocycles. The van der Waals surface area contributed by atoms with E-state index in [0.29, 0.717) is 0 Å². The number of benzene rings is 2. The van der Waals surface area contributed by atoms with Crippen molar-refractivity contribution in [1.29, 1.82) is 0 Å². The second kappa shape index (κ2) is 4.21. The molecule has 0 unspecified atom stereocenters. The summed E-state index contributed by atoms with van der Waals surface area (Å²) in [5.74, 6) is 0. The van der Waals surface area contributed by atoms with Crippen molar-refractivity contribution in [3.8, 4) is 0 Å². The lowest BCUT2D eigenvalue weighted by Crippen LogP contribution is -1.82. The molecule has 0 saturated heterocycles. The van der Waals surface area contributed by atoms with Gasteiger partial charge in [-0.25, -0.2) is 0 Å². The van der Waals surface area contributed by atoms with E-state index in [2.05, 4.69) is 22.1 Å². The Hall–Kier alpha value is -3.08. The largest absolute Gasteiger partial charge is 0.361 e. The molecule has 4 rings (SSSR count). The molecule has 0 saturated carbocycles. The van der Waals surface area contributed by atoms with Gasteiger partial charge in [0.05, 0.1) is 16.0 Å². The summed E-state index contributed by atoms with van der Waals surface area (Å²) in [6.45, 7) is 0. The predicted octanol–water partition coefficient (Wildman–Crippen LogP) is 4.05. The molecule has 4 aromatic rings. The molecule has 0 atom stereocenters. The van der Waals surface area contributed by atoms with Crippen LogP contribution in [-0.4, -0.2) is 14.9 Å². The minimum absolute atomic E-state index is 0.456. The average molecular weight is 277 g/mol. The normalized spacial score (nSPS) is 12.0. The molecule has 0 bridgehead atoms. The van der Waals surface area contributed by atoms with Gasteiger partial charge in [0.1, 0.15) is 0 Å². The topological polar surface area (TPSA) is 74.7 Å². The zero-order chi connectivity index (χ0) is 14.4. The van der Waals surface area contributed by atoms with E-state index >= 15 is 0 Å². The summed E-state index contributed by atoms with van der Waals surface area (Å²) in [6, 6.07) is 10.2. The maximum absolute atomic E-state index is 10.5. The molecule has 21 heavy (non-hydrogen) atoms. The summed E-state index contributed by atoms with van der Waals surface area (Å²) in [5.41, 5.74) is 2.91. The Balaban J connectivity index is 2.04. The lowest BCUT2D eigenvalue weighted by Gasteiger charge is -2.02. The molecule has 0 amide bonds. The van der Waals surface area contributed by atoms with Crippen LogP contribution < -0.4 is 0 Å². The number of rotatable bonds is 2. The van der Waals surface area contributed by atoms with Crippen molar-refractivity contribution in [2.75, 3.05) is 0 Å². The first-order valence-electron chi connectivity index (χ1n) is 6.55. The Morgan fingerprint density at radius 3 is 2.57 bits per heavy atom. The number of hydrogen-bond donors (Lipinski definition) is 2. The van der Waals surface area contributed by atoms with Crippen molar-refractivity contribution in [2.45, 2.75) is 0 Å². The lowest BCUT2D eigenvalue weighted by molar-refractivity contribution is -0.400. The Bertz CT molecular complexity index is 1020. The van der Waals surface area contributed by atoms with E-state index in [9.17, 15) is 10.1 Å². The van der Waals surface area contributed by atoms with Gasteiger partial charge in [-0.3, -0.25) is 10.1 Å². The number of hydrogen-bond acceptors (Lipinski definition) is 2. The lowest BCUT2D eigenvalue weighted by atomic mass is 10.0. The van der Waals surface area contributed by atoms with E-state index in [1.165, 1.54) is 11.5 Å². The molecule has 0 aliphatic heterocycles. The summed E-state index contributed by atoms with van der Waals surface area (Å²) in [7, 11) is 0. The summed E-state index contributed by atoms with van der Waals surface area (Å²) < 4.78 is 0. The molecule has 2 N–H and O–H groups in total. The Labute approximate surface area is 119 Å². The van der Waals surface area contributed by atoms with E-state index in [4.69, 9.17) is 0 Å². The van der Waals surface area contributed by atoms with Crippen molar-refractivity contribution in [3.05, 3.63) is 64.6 Å². The quantitative estimate of drug-likeness (QED) is 0.428. The Kier molecular flexibility index (Phi) is 2.35. The van der Waals surface area contributed by atoms with Gasteiger partial charge < -0.3 is 9.97 Å². The van der Waals surface area contributed by atoms with Crippen LogP contribution in [0.1, 0.15) is 5.56 Å². The van der Waals surface area contributed by atoms with Crippen molar-refractivity contribution >= 4 is 38.7 Å². The number of fused-ring (bicyclic) bond motifs is 5. The van der Waals surface area contributed by atoms with E-state index in [1.54, 1.807) is 6.20 Å². The maximum Gasteiger partial charge on any atom is 0.235 e. The molecule has 2 aromatic carbocycles. The highest BCUT2D eigenvalue weighted by Gasteiger charge is 2.08. The van der Waals surface area contributed by atoms with Gasteiger partial charge in [0.25, 0.3) is 0 Å². The first kappa shape index (κ1) is 11.7. The Morgan fingerprint density at radius 2 is 1.71 bits per heavy atom. The van der Waals surface area contributed by atoms with Crippen molar-refractivity contribution in [2.24, 2.45) is 0 Å². The summed E-state index contributed by atoms with van der Waals surface area (Å²) >= 11 is 0. The van der Waals surface area contributed by atoms with Crippen LogP contribution >= 0.6 is 0 Å². The molecule has 102 valence electrons. The highest BCUT2D eigenvalue weighted by atomic mass is 16.6. The van der Waals surface area contributed by atoms with Crippen LogP contribution in [0.25, 0.3) is 38.7 Å². The number of aromatic nitrogens is 2.